The van der Waals surface area contributed by atoms with Gasteiger partial charge in [-0.2, -0.15) is 5.10 Å². The van der Waals surface area contributed by atoms with E-state index in [2.05, 4.69) is 15.4 Å². The Balaban J connectivity index is 1.62. The van der Waals surface area contributed by atoms with Gasteiger partial charge in [0.1, 0.15) is 0 Å². The van der Waals surface area contributed by atoms with Crippen molar-refractivity contribution in [2.75, 3.05) is 13.6 Å². The van der Waals surface area contributed by atoms with Crippen molar-refractivity contribution in [3.63, 3.8) is 0 Å². The van der Waals surface area contributed by atoms with Gasteiger partial charge in [0.25, 0.3) is 5.56 Å². The molecule has 142 valence electrons. The van der Waals surface area contributed by atoms with E-state index in [1.807, 2.05) is 39.0 Å². The minimum absolute atomic E-state index is 0.128. The lowest BCUT2D eigenvalue weighted by Crippen LogP contribution is -2.41. The highest BCUT2D eigenvalue weighted by Gasteiger charge is 2.21. The number of carbonyl (C=O) groups is 1. The topological polar surface area (TPSA) is 80.1 Å². The molecule has 2 heterocycles. The number of nitrogens with zero attached hydrogens (tertiary/aromatic N) is 4. The number of aromatic nitrogens is 3. The zero-order valence-electron chi connectivity index (χ0n) is 15.9. The van der Waals surface area contributed by atoms with Crippen LogP contribution in [0.25, 0.3) is 10.8 Å². The van der Waals surface area contributed by atoms with Gasteiger partial charge < -0.3 is 10.2 Å². The molecule has 0 saturated carbocycles. The quantitative estimate of drug-likeness (QED) is 0.732. The maximum Gasteiger partial charge on any atom is 0.317 e. The van der Waals surface area contributed by atoms with Gasteiger partial charge in [0.15, 0.2) is 0 Å². The van der Waals surface area contributed by atoms with Crippen LogP contribution >= 0.6 is 11.3 Å². The fraction of sp³-hybridized carbons (Fsp3) is 0.368. The second-order valence-corrected chi connectivity index (χ2v) is 7.86. The Morgan fingerprint density at radius 1 is 1.33 bits per heavy atom. The van der Waals surface area contributed by atoms with Crippen LogP contribution in [0, 0.1) is 13.8 Å². The lowest BCUT2D eigenvalue weighted by Gasteiger charge is -2.24. The first-order valence-corrected chi connectivity index (χ1v) is 9.59. The smallest absolute Gasteiger partial charge is 0.317 e. The zero-order chi connectivity index (χ0) is 19.6. The van der Waals surface area contributed by atoms with E-state index in [0.29, 0.717) is 18.5 Å². The molecule has 0 aliphatic rings. The Morgan fingerprint density at radius 2 is 2.07 bits per heavy atom. The standard InChI is InChI=1S/C19H23N5O2S/c1-12(17-13(2)27-14(3)22-17)23(4)19(26)20-9-10-24-18(25)16-8-6-5-7-15(16)11-21-24/h5-8,11-12H,9-10H2,1-4H3,(H,20,26)/t12-/m0/s1. The fourth-order valence-electron chi connectivity index (χ4n) is 2.97. The largest absolute Gasteiger partial charge is 0.336 e. The number of amides is 2. The van der Waals surface area contributed by atoms with Gasteiger partial charge in [-0.1, -0.05) is 18.2 Å². The minimum atomic E-state index is -0.207. The molecule has 0 aliphatic carbocycles. The van der Waals surface area contributed by atoms with Crippen LogP contribution in [0.4, 0.5) is 4.79 Å². The molecule has 0 bridgehead atoms. The third-order valence-corrected chi connectivity index (χ3v) is 5.50. The molecule has 0 unspecified atom stereocenters. The van der Waals surface area contributed by atoms with Crippen molar-refractivity contribution >= 4 is 28.1 Å². The van der Waals surface area contributed by atoms with Crippen LogP contribution < -0.4 is 10.9 Å². The number of thiazole rings is 1. The van der Waals surface area contributed by atoms with Gasteiger partial charge in [-0.15, -0.1) is 11.3 Å². The highest BCUT2D eigenvalue weighted by Crippen LogP contribution is 2.25. The third-order valence-electron chi connectivity index (χ3n) is 4.60. The van der Waals surface area contributed by atoms with E-state index >= 15 is 0 Å². The lowest BCUT2D eigenvalue weighted by molar-refractivity contribution is 0.193. The van der Waals surface area contributed by atoms with Crippen LogP contribution in [0.3, 0.4) is 0 Å². The minimum Gasteiger partial charge on any atom is -0.336 e. The summed E-state index contributed by atoms with van der Waals surface area (Å²) in [7, 11) is 1.74. The molecule has 0 saturated heterocycles. The second kappa shape index (κ2) is 7.87. The van der Waals surface area contributed by atoms with Crippen molar-refractivity contribution in [3.05, 3.63) is 56.4 Å². The molecule has 8 heteroatoms. The molecule has 1 atom stereocenters. The Hall–Kier alpha value is -2.74. The van der Waals surface area contributed by atoms with Crippen LogP contribution in [0.15, 0.2) is 35.3 Å². The maximum absolute atomic E-state index is 12.4. The van der Waals surface area contributed by atoms with Crippen molar-refractivity contribution in [1.82, 2.24) is 25.0 Å². The molecular weight excluding hydrogens is 362 g/mol. The highest BCUT2D eigenvalue weighted by molar-refractivity contribution is 7.11. The molecule has 1 aromatic carbocycles. The van der Waals surface area contributed by atoms with Crippen molar-refractivity contribution in [2.45, 2.75) is 33.4 Å². The van der Waals surface area contributed by atoms with E-state index in [0.717, 1.165) is 21.0 Å². The molecule has 27 heavy (non-hydrogen) atoms. The average Bonchev–Trinajstić information content (AvgIpc) is 3.00. The number of nitrogens with one attached hydrogen (secondary N) is 1. The lowest BCUT2D eigenvalue weighted by atomic mass is 10.2. The van der Waals surface area contributed by atoms with E-state index < -0.39 is 0 Å². The summed E-state index contributed by atoms with van der Waals surface area (Å²) in [4.78, 5) is 32.2. The van der Waals surface area contributed by atoms with Crippen LogP contribution in [0.1, 0.15) is 28.5 Å². The molecule has 3 aromatic rings. The first-order chi connectivity index (χ1) is 12.9. The number of hydrogen-bond acceptors (Lipinski definition) is 5. The molecule has 0 fully saturated rings. The number of hydrogen-bond donors (Lipinski definition) is 1. The number of aryl methyl sites for hydroxylation is 2. The number of urea groups is 1. The molecule has 1 N–H and O–H groups in total. The molecule has 0 aliphatic heterocycles. The van der Waals surface area contributed by atoms with Crippen molar-refractivity contribution in [3.8, 4) is 0 Å². The van der Waals surface area contributed by atoms with Gasteiger partial charge in [-0.3, -0.25) is 4.79 Å². The second-order valence-electron chi connectivity index (χ2n) is 6.45. The molecular formula is C19H23N5O2S. The first-order valence-electron chi connectivity index (χ1n) is 8.78. The average molecular weight is 385 g/mol. The summed E-state index contributed by atoms with van der Waals surface area (Å²) in [6, 6.07) is 7.00. The van der Waals surface area contributed by atoms with Gasteiger partial charge in [-0.05, 0) is 26.8 Å². The zero-order valence-corrected chi connectivity index (χ0v) is 16.7. The van der Waals surface area contributed by atoms with Crippen LogP contribution in [0.5, 0.6) is 0 Å². The number of rotatable bonds is 5. The van der Waals surface area contributed by atoms with Crippen molar-refractivity contribution < 1.29 is 4.79 Å². The van der Waals surface area contributed by atoms with Crippen LogP contribution in [0.2, 0.25) is 0 Å². The molecule has 3 rings (SSSR count). The van der Waals surface area contributed by atoms with E-state index in [4.69, 9.17) is 0 Å². The summed E-state index contributed by atoms with van der Waals surface area (Å²) in [5.41, 5.74) is 0.764. The Morgan fingerprint density at radius 3 is 2.78 bits per heavy atom. The Kier molecular flexibility index (Phi) is 5.55. The normalized spacial score (nSPS) is 12.1. The third kappa shape index (κ3) is 4.00. The van der Waals surface area contributed by atoms with Crippen molar-refractivity contribution in [2.24, 2.45) is 0 Å². The summed E-state index contributed by atoms with van der Waals surface area (Å²) in [5, 5.41) is 9.45. The van der Waals surface area contributed by atoms with Crippen molar-refractivity contribution in [1.29, 1.82) is 0 Å². The molecule has 0 spiro atoms. The summed E-state index contributed by atoms with van der Waals surface area (Å²) >= 11 is 1.63. The Bertz CT molecular complexity index is 1030. The van der Waals surface area contributed by atoms with E-state index in [-0.39, 0.29) is 17.6 Å². The predicted molar refractivity (Wildman–Crippen MR) is 107 cm³/mol. The van der Waals surface area contributed by atoms with E-state index in [1.165, 1.54) is 4.68 Å². The summed E-state index contributed by atoms with van der Waals surface area (Å²) in [6.07, 6.45) is 1.67. The van der Waals surface area contributed by atoms with Crippen LogP contribution in [-0.4, -0.2) is 39.3 Å². The summed E-state index contributed by atoms with van der Waals surface area (Å²) in [6.45, 7) is 6.56. The number of benzene rings is 1. The predicted octanol–water partition coefficient (Wildman–Crippen LogP) is 2.87. The molecule has 7 nitrogen and oxygen atoms in total. The molecule has 2 amide bonds. The molecule has 0 radical (unpaired) electrons. The molecule has 2 aromatic heterocycles. The van der Waals surface area contributed by atoms with Crippen LogP contribution in [-0.2, 0) is 6.54 Å². The van der Waals surface area contributed by atoms with Gasteiger partial charge in [-0.25, -0.2) is 14.5 Å². The monoisotopic (exact) mass is 385 g/mol. The van der Waals surface area contributed by atoms with Gasteiger partial charge in [0.2, 0.25) is 0 Å². The van der Waals surface area contributed by atoms with Gasteiger partial charge in [0, 0.05) is 23.9 Å². The maximum atomic E-state index is 12.4. The fourth-order valence-corrected chi connectivity index (χ4v) is 3.88. The number of fused-ring (bicyclic) bond motifs is 1. The van der Waals surface area contributed by atoms with E-state index in [9.17, 15) is 9.59 Å². The first kappa shape index (κ1) is 19.0. The highest BCUT2D eigenvalue weighted by atomic mass is 32.1. The van der Waals surface area contributed by atoms with Gasteiger partial charge >= 0.3 is 6.03 Å². The SMILES string of the molecule is Cc1nc([C@H](C)N(C)C(=O)NCCn2ncc3ccccc3c2=O)c(C)s1. The number of carbonyl (C=O) groups excluding carboxylic acids is 1. The Labute approximate surface area is 161 Å². The van der Waals surface area contributed by atoms with Gasteiger partial charge in [0.05, 0.1) is 34.9 Å². The summed E-state index contributed by atoms with van der Waals surface area (Å²) < 4.78 is 1.37. The van der Waals surface area contributed by atoms with E-state index in [1.54, 1.807) is 35.5 Å². The summed E-state index contributed by atoms with van der Waals surface area (Å²) in [5.74, 6) is 0.